The fourth-order valence-electron chi connectivity index (χ4n) is 3.52. The predicted molar refractivity (Wildman–Crippen MR) is 92.8 cm³/mol. The van der Waals surface area contributed by atoms with E-state index in [-0.39, 0.29) is 22.4 Å². The fraction of sp³-hybridized carbons (Fsp3) is 0.588. The van der Waals surface area contributed by atoms with Crippen LogP contribution in [0.25, 0.3) is 0 Å². The number of nitro groups is 1. The molecular weight excluding hydrogens is 328 g/mol. The number of sulfonamides is 1. The highest BCUT2D eigenvalue weighted by Crippen LogP contribution is 2.39. The molecule has 0 heterocycles. The quantitative estimate of drug-likeness (QED) is 0.604. The Morgan fingerprint density at radius 3 is 2.25 bits per heavy atom. The van der Waals surface area contributed by atoms with E-state index in [2.05, 4.69) is 4.40 Å². The van der Waals surface area contributed by atoms with Gasteiger partial charge in [-0.2, -0.15) is 4.40 Å². The zero-order valence-corrected chi connectivity index (χ0v) is 15.0. The van der Waals surface area contributed by atoms with Crippen LogP contribution in [0.15, 0.2) is 22.6 Å². The standard InChI is InChI=1S/C17H22N2O4S/c1-17(2,3)24(22,23)18-16-12-4-5-13(16)9-14-10-15(19(20)21)7-6-11(14)8-12/h6-7,10,12-13H,4-5,8-9H2,1-3H3/t12-,13+/m0/s1. The summed E-state index contributed by atoms with van der Waals surface area (Å²) in [6.45, 7) is 4.97. The van der Waals surface area contributed by atoms with Crippen LogP contribution in [-0.2, 0) is 22.9 Å². The van der Waals surface area contributed by atoms with Crippen molar-refractivity contribution in [2.45, 2.75) is 51.2 Å². The molecule has 6 nitrogen and oxygen atoms in total. The Morgan fingerprint density at radius 2 is 1.71 bits per heavy atom. The van der Waals surface area contributed by atoms with E-state index in [0.29, 0.717) is 12.8 Å². The lowest BCUT2D eigenvalue weighted by Gasteiger charge is -2.18. The van der Waals surface area contributed by atoms with Gasteiger partial charge < -0.3 is 0 Å². The van der Waals surface area contributed by atoms with Crippen LogP contribution in [0.2, 0.25) is 0 Å². The van der Waals surface area contributed by atoms with Crippen molar-refractivity contribution in [1.82, 2.24) is 0 Å². The lowest BCUT2D eigenvalue weighted by atomic mass is 9.93. The maximum Gasteiger partial charge on any atom is 0.269 e. The molecule has 0 amide bonds. The smallest absolute Gasteiger partial charge is 0.258 e. The third-order valence-corrected chi connectivity index (χ3v) is 7.03. The van der Waals surface area contributed by atoms with E-state index in [4.69, 9.17) is 0 Å². The van der Waals surface area contributed by atoms with Gasteiger partial charge in [0.25, 0.3) is 15.7 Å². The Morgan fingerprint density at radius 1 is 1.12 bits per heavy atom. The van der Waals surface area contributed by atoms with Crippen LogP contribution in [0.5, 0.6) is 0 Å². The minimum Gasteiger partial charge on any atom is -0.258 e. The topological polar surface area (TPSA) is 89.6 Å². The van der Waals surface area contributed by atoms with Crippen LogP contribution < -0.4 is 0 Å². The number of nitro benzene ring substituents is 1. The van der Waals surface area contributed by atoms with Crippen molar-refractivity contribution in [2.24, 2.45) is 16.2 Å². The molecule has 0 radical (unpaired) electrons. The molecule has 0 N–H and O–H groups in total. The number of hydrogen-bond acceptors (Lipinski definition) is 4. The van der Waals surface area contributed by atoms with Crippen LogP contribution >= 0.6 is 0 Å². The summed E-state index contributed by atoms with van der Waals surface area (Å²) in [6.07, 6.45) is 3.17. The molecule has 0 unspecified atom stereocenters. The minimum atomic E-state index is -3.57. The van der Waals surface area contributed by atoms with E-state index in [1.165, 1.54) is 6.07 Å². The van der Waals surface area contributed by atoms with E-state index in [9.17, 15) is 18.5 Å². The van der Waals surface area contributed by atoms with Gasteiger partial charge in [-0.1, -0.05) is 6.07 Å². The summed E-state index contributed by atoms with van der Waals surface area (Å²) in [7, 11) is -3.57. The number of rotatable bonds is 2. The maximum absolute atomic E-state index is 12.5. The van der Waals surface area contributed by atoms with Gasteiger partial charge in [-0.15, -0.1) is 0 Å². The van der Waals surface area contributed by atoms with Crippen LogP contribution in [0, 0.1) is 22.0 Å². The minimum absolute atomic E-state index is 0.0652. The number of fused-ring (bicyclic) bond motifs is 3. The summed E-state index contributed by atoms with van der Waals surface area (Å²) < 4.78 is 28.3. The Kier molecular flexibility index (Phi) is 4.02. The summed E-state index contributed by atoms with van der Waals surface area (Å²) in [5, 5.41) is 11.0. The first-order valence-corrected chi connectivity index (χ1v) is 9.63. The normalized spacial score (nSPS) is 25.4. The molecule has 2 aliphatic carbocycles. The van der Waals surface area contributed by atoms with Gasteiger partial charge in [0.2, 0.25) is 0 Å². The molecular formula is C17H22N2O4S. The van der Waals surface area contributed by atoms with Gasteiger partial charge in [0, 0.05) is 29.7 Å². The predicted octanol–water partition coefficient (Wildman–Crippen LogP) is 3.29. The molecule has 2 bridgehead atoms. The average Bonchev–Trinajstić information content (AvgIpc) is 2.72. The highest BCUT2D eigenvalue weighted by atomic mass is 32.2. The fourth-order valence-corrected chi connectivity index (χ4v) is 4.37. The molecule has 24 heavy (non-hydrogen) atoms. The van der Waals surface area contributed by atoms with E-state index in [1.54, 1.807) is 26.8 Å². The Hall–Kier alpha value is -1.76. The molecule has 3 rings (SSSR count). The molecule has 2 atom stereocenters. The van der Waals surface area contributed by atoms with Crippen molar-refractivity contribution in [2.75, 3.05) is 0 Å². The van der Waals surface area contributed by atoms with E-state index in [0.717, 1.165) is 29.7 Å². The molecule has 0 saturated heterocycles. The molecule has 0 spiro atoms. The average molecular weight is 350 g/mol. The summed E-state index contributed by atoms with van der Waals surface area (Å²) >= 11 is 0. The van der Waals surface area contributed by atoms with Crippen molar-refractivity contribution < 1.29 is 13.3 Å². The van der Waals surface area contributed by atoms with Gasteiger partial charge >= 0.3 is 0 Å². The second kappa shape index (κ2) is 5.65. The lowest BCUT2D eigenvalue weighted by Crippen LogP contribution is -2.28. The van der Waals surface area contributed by atoms with Gasteiger partial charge in [-0.05, 0) is 57.6 Å². The van der Waals surface area contributed by atoms with Gasteiger partial charge in [0.05, 0.1) is 9.67 Å². The van der Waals surface area contributed by atoms with Crippen LogP contribution in [0.4, 0.5) is 5.69 Å². The highest BCUT2D eigenvalue weighted by molar-refractivity contribution is 7.91. The van der Waals surface area contributed by atoms with Crippen molar-refractivity contribution in [1.29, 1.82) is 0 Å². The van der Waals surface area contributed by atoms with Crippen LogP contribution in [-0.4, -0.2) is 23.8 Å². The molecule has 1 aromatic rings. The second-order valence-electron chi connectivity index (χ2n) is 7.69. The number of non-ortho nitro benzene ring substituents is 1. The zero-order valence-electron chi connectivity index (χ0n) is 14.2. The zero-order chi connectivity index (χ0) is 17.7. The van der Waals surface area contributed by atoms with Crippen LogP contribution in [0.3, 0.4) is 0 Å². The van der Waals surface area contributed by atoms with Crippen molar-refractivity contribution in [3.63, 3.8) is 0 Å². The SMILES string of the molecule is CC(C)(C)S(=O)(=O)N=C1[C@@H]2CC[C@H]1Cc1ccc([N+](=O)[O-])cc1C2. The molecule has 2 aliphatic rings. The van der Waals surface area contributed by atoms with Crippen molar-refractivity contribution in [3.05, 3.63) is 39.4 Å². The van der Waals surface area contributed by atoms with Crippen molar-refractivity contribution in [3.8, 4) is 0 Å². The van der Waals surface area contributed by atoms with Crippen molar-refractivity contribution >= 4 is 21.4 Å². The largest absolute Gasteiger partial charge is 0.269 e. The van der Waals surface area contributed by atoms with E-state index in [1.807, 2.05) is 6.07 Å². The monoisotopic (exact) mass is 350 g/mol. The van der Waals surface area contributed by atoms with Gasteiger partial charge in [0.1, 0.15) is 0 Å². The maximum atomic E-state index is 12.5. The Bertz CT molecular complexity index is 821. The van der Waals surface area contributed by atoms with Gasteiger partial charge in [-0.25, -0.2) is 8.42 Å². The van der Waals surface area contributed by atoms with Gasteiger partial charge in [-0.3, -0.25) is 10.1 Å². The third kappa shape index (κ3) is 2.97. The molecule has 1 saturated carbocycles. The highest BCUT2D eigenvalue weighted by Gasteiger charge is 2.39. The number of benzene rings is 1. The molecule has 130 valence electrons. The van der Waals surface area contributed by atoms with E-state index >= 15 is 0 Å². The Labute approximate surface area is 142 Å². The molecule has 1 fully saturated rings. The molecule has 0 aromatic heterocycles. The lowest BCUT2D eigenvalue weighted by molar-refractivity contribution is -0.384. The molecule has 7 heteroatoms. The summed E-state index contributed by atoms with van der Waals surface area (Å²) in [5.74, 6) is 0.185. The first kappa shape index (κ1) is 17.1. The third-order valence-electron chi connectivity index (χ3n) is 5.03. The van der Waals surface area contributed by atoms with E-state index < -0.39 is 14.8 Å². The van der Waals surface area contributed by atoms with Crippen LogP contribution in [0.1, 0.15) is 44.7 Å². The summed E-state index contributed by atoms with van der Waals surface area (Å²) in [6, 6.07) is 4.97. The first-order valence-electron chi connectivity index (χ1n) is 8.19. The first-order chi connectivity index (χ1) is 11.1. The number of hydrogen-bond donors (Lipinski definition) is 0. The molecule has 1 aromatic carbocycles. The number of nitrogens with zero attached hydrogens (tertiary/aromatic N) is 2. The second-order valence-corrected chi connectivity index (χ2v) is 10.1. The summed E-state index contributed by atoms with van der Waals surface area (Å²) in [5.41, 5.74) is 2.89. The molecule has 0 aliphatic heterocycles. The Balaban J connectivity index is 2.00. The summed E-state index contributed by atoms with van der Waals surface area (Å²) in [4.78, 5) is 10.6. The van der Waals surface area contributed by atoms with Gasteiger partial charge in [0.15, 0.2) is 0 Å².